The second kappa shape index (κ2) is 6.45. The van der Waals surface area contributed by atoms with Gasteiger partial charge in [0.2, 0.25) is 0 Å². The normalized spacial score (nSPS) is 12.4. The predicted octanol–water partition coefficient (Wildman–Crippen LogP) is -0.648. The molecular formula is C9H16N4O3S. The first-order chi connectivity index (χ1) is 8.10. The summed E-state index contributed by atoms with van der Waals surface area (Å²) in [5, 5.41) is 9.57. The Balaban J connectivity index is 2.56. The third-order valence-corrected chi connectivity index (χ3v) is 3.26. The first kappa shape index (κ1) is 13.8. The molecule has 1 rings (SSSR count). The van der Waals surface area contributed by atoms with E-state index < -0.39 is 6.04 Å². The minimum absolute atomic E-state index is 0.273. The maximum atomic E-state index is 11.5. The third-order valence-electron chi connectivity index (χ3n) is 2.14. The second-order valence-electron chi connectivity index (χ2n) is 3.27. The van der Waals surface area contributed by atoms with Crippen molar-refractivity contribution in [1.29, 1.82) is 0 Å². The lowest BCUT2D eigenvalue weighted by Crippen LogP contribution is -2.37. The van der Waals surface area contributed by atoms with Crippen LogP contribution in [0, 0.1) is 0 Å². The molecule has 0 aliphatic heterocycles. The Morgan fingerprint density at radius 2 is 2.41 bits per heavy atom. The average Bonchev–Trinajstić information content (AvgIpc) is 2.62. The molecule has 0 aromatic carbocycles. The number of carbonyl (C=O) groups is 1. The molecule has 0 radical (unpaired) electrons. The lowest BCUT2D eigenvalue weighted by molar-refractivity contribution is -0.144. The molecule has 1 atom stereocenters. The average molecular weight is 260 g/mol. The van der Waals surface area contributed by atoms with Gasteiger partial charge in [0.15, 0.2) is 5.16 Å². The Bertz CT molecular complexity index is 428. The number of hydrogen-bond acceptors (Lipinski definition) is 6. The van der Waals surface area contributed by atoms with Gasteiger partial charge >= 0.3 is 11.7 Å². The van der Waals surface area contributed by atoms with Crippen LogP contribution in [0.2, 0.25) is 0 Å². The summed E-state index contributed by atoms with van der Waals surface area (Å²) >= 11 is 1.31. The molecular weight excluding hydrogens is 244 g/mol. The number of nitrogens with zero attached hydrogens (tertiary/aromatic N) is 2. The maximum Gasteiger partial charge on any atom is 0.343 e. The molecule has 1 aromatic rings. The molecule has 96 valence electrons. The summed E-state index contributed by atoms with van der Waals surface area (Å²) < 4.78 is 6.30. The largest absolute Gasteiger partial charge is 0.465 e. The van der Waals surface area contributed by atoms with Gasteiger partial charge in [-0.25, -0.2) is 9.89 Å². The lowest BCUT2D eigenvalue weighted by atomic mass is 10.3. The van der Waals surface area contributed by atoms with Gasteiger partial charge in [-0.15, -0.1) is 5.10 Å². The summed E-state index contributed by atoms with van der Waals surface area (Å²) in [5.41, 5.74) is -0.273. The molecule has 1 aromatic heterocycles. The van der Waals surface area contributed by atoms with E-state index in [-0.39, 0.29) is 11.7 Å². The highest BCUT2D eigenvalue weighted by Crippen LogP contribution is 2.13. The number of hydrogen-bond donors (Lipinski definition) is 2. The Labute approximate surface area is 103 Å². The maximum absolute atomic E-state index is 11.5. The Morgan fingerprint density at radius 3 is 2.88 bits per heavy atom. The van der Waals surface area contributed by atoms with Crippen LogP contribution in [0.25, 0.3) is 0 Å². The van der Waals surface area contributed by atoms with Gasteiger partial charge in [0.05, 0.1) is 6.61 Å². The van der Waals surface area contributed by atoms with Crippen molar-refractivity contribution < 1.29 is 9.53 Å². The van der Waals surface area contributed by atoms with Crippen LogP contribution in [-0.4, -0.2) is 46.2 Å². The molecule has 1 heterocycles. The zero-order chi connectivity index (χ0) is 12.8. The Kier molecular flexibility index (Phi) is 5.23. The fourth-order valence-electron chi connectivity index (χ4n) is 1.13. The van der Waals surface area contributed by atoms with Crippen LogP contribution in [0.15, 0.2) is 9.95 Å². The van der Waals surface area contributed by atoms with Crippen LogP contribution in [0.4, 0.5) is 0 Å². The van der Waals surface area contributed by atoms with E-state index >= 15 is 0 Å². The zero-order valence-corrected chi connectivity index (χ0v) is 10.8. The van der Waals surface area contributed by atoms with E-state index in [2.05, 4.69) is 15.5 Å². The van der Waals surface area contributed by atoms with Gasteiger partial charge in [-0.1, -0.05) is 11.8 Å². The van der Waals surface area contributed by atoms with Gasteiger partial charge in [-0.05, 0) is 14.0 Å². The molecule has 2 N–H and O–H groups in total. The molecule has 0 saturated heterocycles. The number of H-pyrrole nitrogens is 1. The summed E-state index contributed by atoms with van der Waals surface area (Å²) in [6, 6.07) is -0.410. The first-order valence-corrected chi connectivity index (χ1v) is 6.16. The van der Waals surface area contributed by atoms with E-state index in [9.17, 15) is 9.59 Å². The van der Waals surface area contributed by atoms with Crippen molar-refractivity contribution >= 4 is 17.7 Å². The minimum atomic E-state index is -0.410. The van der Waals surface area contributed by atoms with Crippen molar-refractivity contribution in [1.82, 2.24) is 20.1 Å². The van der Waals surface area contributed by atoms with Crippen LogP contribution in [-0.2, 0) is 16.6 Å². The van der Waals surface area contributed by atoms with Crippen LogP contribution < -0.4 is 11.0 Å². The second-order valence-corrected chi connectivity index (χ2v) is 4.26. The predicted molar refractivity (Wildman–Crippen MR) is 64.0 cm³/mol. The van der Waals surface area contributed by atoms with Crippen LogP contribution >= 0.6 is 11.8 Å². The summed E-state index contributed by atoms with van der Waals surface area (Å²) in [6.45, 7) is 2.11. The number of thioether (sulfide) groups is 1. The molecule has 0 aliphatic rings. The number of likely N-dealkylation sites (N-methyl/N-ethyl adjacent to an activating group) is 1. The number of aromatic nitrogens is 3. The Hall–Kier alpha value is -1.28. The first-order valence-electron chi connectivity index (χ1n) is 5.18. The van der Waals surface area contributed by atoms with Crippen molar-refractivity contribution in [3.05, 3.63) is 10.5 Å². The highest BCUT2D eigenvalue weighted by molar-refractivity contribution is 7.99. The summed E-state index contributed by atoms with van der Waals surface area (Å²) in [6.07, 6.45) is 0. The van der Waals surface area contributed by atoms with Crippen LogP contribution in [0.3, 0.4) is 0 Å². The van der Waals surface area contributed by atoms with Crippen molar-refractivity contribution in [2.24, 2.45) is 7.05 Å². The number of rotatable bonds is 6. The molecule has 1 unspecified atom stereocenters. The van der Waals surface area contributed by atoms with Crippen molar-refractivity contribution in [2.45, 2.75) is 18.1 Å². The molecule has 7 nitrogen and oxygen atoms in total. The quantitative estimate of drug-likeness (QED) is 0.522. The number of carbonyl (C=O) groups excluding carboxylic acids is 1. The standard InChI is InChI=1S/C9H16N4O3S/c1-4-16-7(14)6(10-2)5-17-9-12-11-8(15)13(9)3/h6,10H,4-5H2,1-3H3,(H,11,15). The van der Waals surface area contributed by atoms with Crippen LogP contribution in [0.1, 0.15) is 6.92 Å². The van der Waals surface area contributed by atoms with Gasteiger partial charge < -0.3 is 10.1 Å². The molecule has 8 heteroatoms. The molecule has 0 saturated carbocycles. The van der Waals surface area contributed by atoms with Gasteiger partial charge in [-0.2, -0.15) is 0 Å². The molecule has 0 fully saturated rings. The third kappa shape index (κ3) is 3.60. The lowest BCUT2D eigenvalue weighted by Gasteiger charge is -2.13. The topological polar surface area (TPSA) is 89.0 Å². The van der Waals surface area contributed by atoms with E-state index in [1.807, 2.05) is 0 Å². The molecule has 0 spiro atoms. The highest BCUT2D eigenvalue weighted by atomic mass is 32.2. The molecule has 0 aliphatic carbocycles. The van der Waals surface area contributed by atoms with Gasteiger partial charge in [0.25, 0.3) is 0 Å². The number of aromatic amines is 1. The van der Waals surface area contributed by atoms with Crippen molar-refractivity contribution in [3.8, 4) is 0 Å². The van der Waals surface area contributed by atoms with E-state index in [1.54, 1.807) is 21.0 Å². The molecule has 17 heavy (non-hydrogen) atoms. The van der Waals surface area contributed by atoms with E-state index in [0.717, 1.165) is 0 Å². The van der Waals surface area contributed by atoms with Gasteiger partial charge in [0.1, 0.15) is 6.04 Å². The fourth-order valence-corrected chi connectivity index (χ4v) is 2.14. The number of ether oxygens (including phenoxy) is 1. The molecule has 0 bridgehead atoms. The van der Waals surface area contributed by atoms with Gasteiger partial charge in [-0.3, -0.25) is 9.36 Å². The summed E-state index contributed by atoms with van der Waals surface area (Å²) in [7, 11) is 3.30. The molecule has 0 amide bonds. The minimum Gasteiger partial charge on any atom is -0.465 e. The fraction of sp³-hybridized carbons (Fsp3) is 0.667. The number of nitrogens with one attached hydrogen (secondary N) is 2. The highest BCUT2D eigenvalue weighted by Gasteiger charge is 2.19. The van der Waals surface area contributed by atoms with E-state index in [0.29, 0.717) is 17.5 Å². The smallest absolute Gasteiger partial charge is 0.343 e. The Morgan fingerprint density at radius 1 is 1.71 bits per heavy atom. The van der Waals surface area contributed by atoms with E-state index in [1.165, 1.54) is 16.3 Å². The van der Waals surface area contributed by atoms with Crippen molar-refractivity contribution in [3.63, 3.8) is 0 Å². The summed E-state index contributed by atoms with van der Waals surface area (Å²) in [4.78, 5) is 22.6. The zero-order valence-electron chi connectivity index (χ0n) is 10.0. The monoisotopic (exact) mass is 260 g/mol. The SMILES string of the molecule is CCOC(=O)C(CSc1n[nH]c(=O)n1C)NC. The van der Waals surface area contributed by atoms with Crippen LogP contribution in [0.5, 0.6) is 0 Å². The van der Waals surface area contributed by atoms with E-state index in [4.69, 9.17) is 4.74 Å². The summed E-state index contributed by atoms with van der Waals surface area (Å²) in [5.74, 6) is 0.149. The number of esters is 1. The van der Waals surface area contributed by atoms with Crippen molar-refractivity contribution in [2.75, 3.05) is 19.4 Å². The van der Waals surface area contributed by atoms with Gasteiger partial charge in [0, 0.05) is 12.8 Å².